The van der Waals surface area contributed by atoms with Gasteiger partial charge in [-0.25, -0.2) is 4.98 Å². The summed E-state index contributed by atoms with van der Waals surface area (Å²) in [5.41, 5.74) is 3.03. The lowest BCUT2D eigenvalue weighted by Crippen LogP contribution is -2.22. The number of aromatic nitrogens is 2. The number of hydrogen-bond acceptors (Lipinski definition) is 5. The van der Waals surface area contributed by atoms with Crippen molar-refractivity contribution in [2.24, 2.45) is 0 Å². The maximum Gasteiger partial charge on any atom is 0.263 e. The van der Waals surface area contributed by atoms with Gasteiger partial charge in [-0.15, -0.1) is 11.3 Å². The van der Waals surface area contributed by atoms with Crippen molar-refractivity contribution in [1.29, 1.82) is 0 Å². The van der Waals surface area contributed by atoms with E-state index in [9.17, 15) is 4.79 Å². The predicted molar refractivity (Wildman–Crippen MR) is 98.8 cm³/mol. The smallest absolute Gasteiger partial charge is 0.263 e. The minimum atomic E-state index is -0.0447. The van der Waals surface area contributed by atoms with E-state index in [1.54, 1.807) is 6.20 Å². The molecule has 0 radical (unpaired) electrons. The van der Waals surface area contributed by atoms with Crippen LogP contribution in [0.3, 0.4) is 0 Å². The van der Waals surface area contributed by atoms with E-state index in [0.29, 0.717) is 11.4 Å². The van der Waals surface area contributed by atoms with Gasteiger partial charge in [0.15, 0.2) is 0 Å². The SMILES string of the molecule is CCCNC(=O)c1cnc(CCc2c(-c3ccccc3)noc2C)s1. The zero-order valence-corrected chi connectivity index (χ0v) is 15.2. The molecule has 0 fully saturated rings. The third-order valence-corrected chi connectivity index (χ3v) is 4.99. The van der Waals surface area contributed by atoms with Crippen LogP contribution in [0.5, 0.6) is 0 Å². The molecule has 0 aliphatic heterocycles. The summed E-state index contributed by atoms with van der Waals surface area (Å²) in [4.78, 5) is 17.0. The monoisotopic (exact) mass is 355 g/mol. The quantitative estimate of drug-likeness (QED) is 0.695. The van der Waals surface area contributed by atoms with Gasteiger partial charge < -0.3 is 9.84 Å². The van der Waals surface area contributed by atoms with Crippen LogP contribution in [0.2, 0.25) is 0 Å². The molecule has 0 saturated heterocycles. The number of nitrogens with zero attached hydrogens (tertiary/aromatic N) is 2. The van der Waals surface area contributed by atoms with Crippen molar-refractivity contribution in [3.05, 3.63) is 57.7 Å². The fraction of sp³-hybridized carbons (Fsp3) is 0.316. The number of carbonyl (C=O) groups is 1. The van der Waals surface area contributed by atoms with E-state index in [4.69, 9.17) is 4.52 Å². The minimum Gasteiger partial charge on any atom is -0.361 e. The van der Waals surface area contributed by atoms with Crippen LogP contribution >= 0.6 is 11.3 Å². The van der Waals surface area contributed by atoms with E-state index in [1.807, 2.05) is 44.2 Å². The van der Waals surface area contributed by atoms with Gasteiger partial charge in [0.25, 0.3) is 5.91 Å². The van der Waals surface area contributed by atoms with Crippen LogP contribution in [0.25, 0.3) is 11.3 Å². The molecule has 0 aliphatic carbocycles. The summed E-state index contributed by atoms with van der Waals surface area (Å²) in [5.74, 6) is 0.785. The molecule has 0 bridgehead atoms. The molecule has 2 aromatic heterocycles. The van der Waals surface area contributed by atoms with Crippen molar-refractivity contribution >= 4 is 17.2 Å². The van der Waals surface area contributed by atoms with Crippen LogP contribution in [0.4, 0.5) is 0 Å². The topological polar surface area (TPSA) is 68.0 Å². The lowest BCUT2D eigenvalue weighted by Gasteiger charge is -2.01. The van der Waals surface area contributed by atoms with E-state index >= 15 is 0 Å². The average molecular weight is 355 g/mol. The molecule has 3 aromatic rings. The minimum absolute atomic E-state index is 0.0447. The summed E-state index contributed by atoms with van der Waals surface area (Å²) < 4.78 is 5.40. The normalized spacial score (nSPS) is 10.8. The molecule has 3 rings (SSSR count). The number of rotatable bonds is 7. The van der Waals surface area contributed by atoms with Crippen molar-refractivity contribution in [3.63, 3.8) is 0 Å². The number of hydrogen-bond donors (Lipinski definition) is 1. The fourth-order valence-corrected chi connectivity index (χ4v) is 3.43. The highest BCUT2D eigenvalue weighted by Gasteiger charge is 2.16. The third kappa shape index (κ3) is 4.14. The van der Waals surface area contributed by atoms with E-state index < -0.39 is 0 Å². The molecule has 1 amide bonds. The number of benzene rings is 1. The second-order valence-electron chi connectivity index (χ2n) is 5.81. The Bertz CT molecular complexity index is 839. The highest BCUT2D eigenvalue weighted by Crippen LogP contribution is 2.26. The van der Waals surface area contributed by atoms with Gasteiger partial charge in [-0.1, -0.05) is 42.4 Å². The first-order chi connectivity index (χ1) is 12.2. The van der Waals surface area contributed by atoms with Gasteiger partial charge in [0.05, 0.1) is 11.2 Å². The molecule has 2 heterocycles. The number of thiazole rings is 1. The van der Waals surface area contributed by atoms with E-state index in [1.165, 1.54) is 11.3 Å². The summed E-state index contributed by atoms with van der Waals surface area (Å²) in [5, 5.41) is 8.03. The van der Waals surface area contributed by atoms with Gasteiger partial charge in [-0.2, -0.15) is 0 Å². The Kier molecular flexibility index (Phi) is 5.60. The van der Waals surface area contributed by atoms with Crippen molar-refractivity contribution in [2.45, 2.75) is 33.1 Å². The van der Waals surface area contributed by atoms with Gasteiger partial charge in [-0.05, 0) is 19.8 Å². The predicted octanol–water partition coefficient (Wildman–Crippen LogP) is 4.03. The van der Waals surface area contributed by atoms with Gasteiger partial charge >= 0.3 is 0 Å². The van der Waals surface area contributed by atoms with Crippen LogP contribution in [-0.2, 0) is 12.8 Å². The van der Waals surface area contributed by atoms with Crippen molar-refractivity contribution < 1.29 is 9.32 Å². The molecule has 0 aliphatic rings. The molecular weight excluding hydrogens is 334 g/mol. The maximum atomic E-state index is 12.0. The number of aryl methyl sites for hydroxylation is 2. The Morgan fingerprint density at radius 2 is 2.04 bits per heavy atom. The first-order valence-electron chi connectivity index (χ1n) is 8.42. The van der Waals surface area contributed by atoms with Crippen molar-refractivity contribution in [3.8, 4) is 11.3 Å². The highest BCUT2D eigenvalue weighted by atomic mass is 32.1. The van der Waals surface area contributed by atoms with E-state index in [2.05, 4.69) is 15.5 Å². The zero-order valence-electron chi connectivity index (χ0n) is 14.4. The van der Waals surface area contributed by atoms with Crippen LogP contribution < -0.4 is 5.32 Å². The van der Waals surface area contributed by atoms with Gasteiger partial charge in [0.2, 0.25) is 0 Å². The Morgan fingerprint density at radius 1 is 1.24 bits per heavy atom. The summed E-state index contributed by atoms with van der Waals surface area (Å²) in [6.07, 6.45) is 4.12. The van der Waals surface area contributed by atoms with Crippen LogP contribution in [0.15, 0.2) is 41.1 Å². The molecule has 25 heavy (non-hydrogen) atoms. The van der Waals surface area contributed by atoms with Crippen molar-refractivity contribution in [1.82, 2.24) is 15.5 Å². The standard InChI is InChI=1S/C19H21N3O2S/c1-3-11-20-19(23)16-12-21-17(25-16)10-9-15-13(2)24-22-18(15)14-7-5-4-6-8-14/h4-8,12H,3,9-11H2,1-2H3,(H,20,23). The number of nitrogens with one attached hydrogen (secondary N) is 1. The Morgan fingerprint density at radius 3 is 2.80 bits per heavy atom. The third-order valence-electron chi connectivity index (χ3n) is 3.93. The Hall–Kier alpha value is -2.47. The van der Waals surface area contributed by atoms with Crippen LogP contribution in [0, 0.1) is 6.92 Å². The Balaban J connectivity index is 1.70. The highest BCUT2D eigenvalue weighted by molar-refractivity contribution is 7.13. The molecule has 0 atom stereocenters. The average Bonchev–Trinajstić information content (AvgIpc) is 3.25. The first kappa shape index (κ1) is 17.4. The zero-order chi connectivity index (χ0) is 17.6. The maximum absolute atomic E-state index is 12.0. The molecule has 5 nitrogen and oxygen atoms in total. The van der Waals surface area contributed by atoms with Crippen LogP contribution in [-0.4, -0.2) is 22.6 Å². The molecule has 0 unspecified atom stereocenters. The van der Waals surface area contributed by atoms with Crippen molar-refractivity contribution in [2.75, 3.05) is 6.54 Å². The first-order valence-corrected chi connectivity index (χ1v) is 9.24. The lowest BCUT2D eigenvalue weighted by molar-refractivity contribution is 0.0957. The lowest BCUT2D eigenvalue weighted by atomic mass is 10.0. The van der Waals surface area contributed by atoms with Gasteiger partial charge in [0, 0.05) is 24.1 Å². The molecule has 130 valence electrons. The summed E-state index contributed by atoms with van der Waals surface area (Å²) in [6, 6.07) is 10.0. The molecular formula is C19H21N3O2S. The number of amides is 1. The largest absolute Gasteiger partial charge is 0.361 e. The van der Waals surface area contributed by atoms with E-state index in [0.717, 1.165) is 46.9 Å². The molecule has 0 saturated carbocycles. The molecule has 1 N–H and O–H groups in total. The fourth-order valence-electron chi connectivity index (χ4n) is 2.60. The summed E-state index contributed by atoms with van der Waals surface area (Å²) in [7, 11) is 0. The molecule has 0 spiro atoms. The van der Waals surface area contributed by atoms with Gasteiger partial charge in [-0.3, -0.25) is 4.79 Å². The van der Waals surface area contributed by atoms with Gasteiger partial charge in [0.1, 0.15) is 16.3 Å². The summed E-state index contributed by atoms with van der Waals surface area (Å²) >= 11 is 1.45. The second kappa shape index (κ2) is 8.07. The van der Waals surface area contributed by atoms with E-state index in [-0.39, 0.29) is 5.91 Å². The Labute approximate surface area is 151 Å². The van der Waals surface area contributed by atoms with Crippen LogP contribution in [0.1, 0.15) is 39.3 Å². The number of carbonyl (C=O) groups excluding carboxylic acids is 1. The second-order valence-corrected chi connectivity index (χ2v) is 6.92. The summed E-state index contributed by atoms with van der Waals surface area (Å²) in [6.45, 7) is 4.65. The molecule has 1 aromatic carbocycles. The molecule has 6 heteroatoms.